The fourth-order valence-electron chi connectivity index (χ4n) is 1.94. The van der Waals surface area contributed by atoms with Crippen LogP contribution in [0.5, 0.6) is 0 Å². The zero-order valence-electron chi connectivity index (χ0n) is 13.7. The van der Waals surface area contributed by atoms with E-state index in [9.17, 15) is 4.79 Å². The molecule has 1 amide bonds. The number of carbonyl (C=O) groups is 1. The third-order valence-corrected chi connectivity index (χ3v) is 4.92. The number of anilines is 1. The van der Waals surface area contributed by atoms with E-state index < -0.39 is 0 Å². The lowest BCUT2D eigenvalue weighted by Crippen LogP contribution is -2.23. The van der Waals surface area contributed by atoms with Gasteiger partial charge in [-0.3, -0.25) is 4.79 Å². The molecule has 6 nitrogen and oxygen atoms in total. The van der Waals surface area contributed by atoms with Gasteiger partial charge in [-0.1, -0.05) is 37.7 Å². The van der Waals surface area contributed by atoms with Crippen molar-refractivity contribution in [3.8, 4) is 0 Å². The molecule has 2 rings (SSSR count). The fraction of sp³-hybridized carbons (Fsp3) is 0.467. The van der Waals surface area contributed by atoms with Crippen LogP contribution < -0.4 is 5.32 Å². The molecule has 1 N–H and O–H groups in total. The highest BCUT2D eigenvalue weighted by Gasteiger charge is 2.19. The first-order valence-electron chi connectivity index (χ1n) is 7.38. The van der Waals surface area contributed by atoms with Crippen LogP contribution in [0, 0.1) is 5.92 Å². The average molecular weight is 352 g/mol. The number of benzene rings is 1. The van der Waals surface area contributed by atoms with Crippen LogP contribution in [0.4, 0.5) is 5.69 Å². The van der Waals surface area contributed by atoms with Gasteiger partial charge >= 0.3 is 0 Å². The molecule has 1 unspecified atom stereocenters. The first kappa shape index (κ1) is 17.8. The summed E-state index contributed by atoms with van der Waals surface area (Å²) in [6.07, 6.45) is 1.99. The van der Waals surface area contributed by atoms with Gasteiger partial charge in [0.15, 0.2) is 0 Å². The molecule has 0 saturated carbocycles. The summed E-state index contributed by atoms with van der Waals surface area (Å²) < 4.78 is 1.74. The lowest BCUT2D eigenvalue weighted by molar-refractivity contribution is -0.115. The number of hydrogen-bond donors (Lipinski definition) is 1. The topological polar surface area (TPSA) is 72.7 Å². The Labute approximate surface area is 144 Å². The molecule has 0 fully saturated rings. The molecular formula is C15H21N5OS2. The molecule has 23 heavy (non-hydrogen) atoms. The maximum atomic E-state index is 12.4. The number of nitrogens with one attached hydrogen (secondary N) is 1. The molecule has 124 valence electrons. The molecule has 8 heteroatoms. The van der Waals surface area contributed by atoms with Gasteiger partial charge in [-0.25, -0.2) is 4.68 Å². The summed E-state index contributed by atoms with van der Waals surface area (Å²) in [6, 6.07) is 7.77. The molecule has 1 atom stereocenters. The lowest BCUT2D eigenvalue weighted by Gasteiger charge is -2.14. The van der Waals surface area contributed by atoms with Crippen LogP contribution in [-0.4, -0.2) is 37.6 Å². The normalized spacial score (nSPS) is 12.4. The Morgan fingerprint density at radius 2 is 2.04 bits per heavy atom. The Balaban J connectivity index is 2.02. The molecule has 1 heterocycles. The fourth-order valence-corrected chi connectivity index (χ4v) is 3.29. The van der Waals surface area contributed by atoms with Crippen LogP contribution in [0.2, 0.25) is 0 Å². The first-order chi connectivity index (χ1) is 11.0. The SMILES string of the molecule is CSc1ccccc1NC(=O)C(C)Sc1nnnn1CC(C)C. The summed E-state index contributed by atoms with van der Waals surface area (Å²) in [5, 5.41) is 15.1. The standard InChI is InChI=1S/C15H21N5OS2/c1-10(2)9-20-15(17-18-19-20)23-11(3)14(21)16-12-7-5-6-8-13(12)22-4/h5-8,10-11H,9H2,1-4H3,(H,16,21). The minimum Gasteiger partial charge on any atom is -0.324 e. The minimum absolute atomic E-state index is 0.0596. The van der Waals surface area contributed by atoms with Crippen molar-refractivity contribution in [2.45, 2.75) is 42.6 Å². The number of nitrogens with zero attached hydrogens (tertiary/aromatic N) is 4. The van der Waals surface area contributed by atoms with Crippen LogP contribution in [0.15, 0.2) is 34.3 Å². The smallest absolute Gasteiger partial charge is 0.237 e. The van der Waals surface area contributed by atoms with Gasteiger partial charge in [-0.15, -0.1) is 16.9 Å². The highest BCUT2D eigenvalue weighted by Crippen LogP contribution is 2.27. The molecule has 0 aliphatic rings. The molecule has 2 aromatic rings. The van der Waals surface area contributed by atoms with Crippen molar-refractivity contribution in [1.82, 2.24) is 20.2 Å². The number of aromatic nitrogens is 4. The Morgan fingerprint density at radius 1 is 1.30 bits per heavy atom. The van der Waals surface area contributed by atoms with Crippen LogP contribution in [0.25, 0.3) is 0 Å². The Kier molecular flexibility index (Phi) is 6.47. The third-order valence-electron chi connectivity index (χ3n) is 3.05. The lowest BCUT2D eigenvalue weighted by atomic mass is 10.2. The molecule has 0 radical (unpaired) electrons. The first-order valence-corrected chi connectivity index (χ1v) is 9.48. The molecule has 0 bridgehead atoms. The second-order valence-corrected chi connectivity index (χ2v) is 7.64. The van der Waals surface area contributed by atoms with E-state index in [0.717, 1.165) is 17.1 Å². The van der Waals surface area contributed by atoms with Crippen molar-refractivity contribution < 1.29 is 4.79 Å². The van der Waals surface area contributed by atoms with E-state index >= 15 is 0 Å². The van der Waals surface area contributed by atoms with Crippen LogP contribution in [0.1, 0.15) is 20.8 Å². The summed E-state index contributed by atoms with van der Waals surface area (Å²) in [5.74, 6) is 0.381. The number of rotatable bonds is 7. The van der Waals surface area contributed by atoms with Crippen molar-refractivity contribution in [2.75, 3.05) is 11.6 Å². The molecular weight excluding hydrogens is 330 g/mol. The largest absolute Gasteiger partial charge is 0.324 e. The van der Waals surface area contributed by atoms with Gasteiger partial charge in [0.25, 0.3) is 0 Å². The van der Waals surface area contributed by atoms with Gasteiger partial charge in [-0.2, -0.15) is 0 Å². The molecule has 0 saturated heterocycles. The molecule has 0 aliphatic heterocycles. The number of carbonyl (C=O) groups excluding carboxylic acids is 1. The van der Waals surface area contributed by atoms with Gasteiger partial charge in [-0.05, 0) is 41.7 Å². The number of tetrazole rings is 1. The molecule has 1 aromatic heterocycles. The van der Waals surface area contributed by atoms with Gasteiger partial charge in [0.05, 0.1) is 10.9 Å². The zero-order chi connectivity index (χ0) is 16.8. The van der Waals surface area contributed by atoms with Crippen molar-refractivity contribution in [3.63, 3.8) is 0 Å². The summed E-state index contributed by atoms with van der Waals surface area (Å²) in [5.41, 5.74) is 0.833. The summed E-state index contributed by atoms with van der Waals surface area (Å²) >= 11 is 2.97. The van der Waals surface area contributed by atoms with Crippen molar-refractivity contribution >= 4 is 35.1 Å². The minimum atomic E-state index is -0.290. The van der Waals surface area contributed by atoms with Gasteiger partial charge in [0.1, 0.15) is 0 Å². The van der Waals surface area contributed by atoms with Gasteiger partial charge in [0.2, 0.25) is 11.1 Å². The zero-order valence-corrected chi connectivity index (χ0v) is 15.3. The van der Waals surface area contributed by atoms with E-state index in [1.54, 1.807) is 16.4 Å². The van der Waals surface area contributed by atoms with Gasteiger partial charge < -0.3 is 5.32 Å². The number of thioether (sulfide) groups is 2. The second kappa shape index (κ2) is 8.35. The van der Waals surface area contributed by atoms with E-state index in [-0.39, 0.29) is 11.2 Å². The van der Waals surface area contributed by atoms with E-state index in [1.165, 1.54) is 11.8 Å². The highest BCUT2D eigenvalue weighted by molar-refractivity contribution is 8.00. The van der Waals surface area contributed by atoms with E-state index in [4.69, 9.17) is 0 Å². The predicted molar refractivity (Wildman–Crippen MR) is 94.8 cm³/mol. The van der Waals surface area contributed by atoms with Gasteiger partial charge in [0, 0.05) is 11.4 Å². The summed E-state index contributed by atoms with van der Waals surface area (Å²) in [6.45, 7) is 6.80. The maximum absolute atomic E-state index is 12.4. The third kappa shape index (κ3) is 4.97. The van der Waals surface area contributed by atoms with Crippen molar-refractivity contribution in [2.24, 2.45) is 5.92 Å². The van der Waals surface area contributed by atoms with E-state index in [0.29, 0.717) is 11.1 Å². The number of para-hydroxylation sites is 1. The second-order valence-electron chi connectivity index (χ2n) is 5.49. The highest BCUT2D eigenvalue weighted by atomic mass is 32.2. The molecule has 0 aliphatic carbocycles. The maximum Gasteiger partial charge on any atom is 0.237 e. The average Bonchev–Trinajstić information content (AvgIpc) is 2.94. The summed E-state index contributed by atoms with van der Waals surface area (Å²) in [7, 11) is 0. The molecule has 1 aromatic carbocycles. The van der Waals surface area contributed by atoms with Crippen molar-refractivity contribution in [3.05, 3.63) is 24.3 Å². The van der Waals surface area contributed by atoms with E-state index in [1.807, 2.05) is 37.4 Å². The number of amides is 1. The van der Waals surface area contributed by atoms with Crippen LogP contribution >= 0.6 is 23.5 Å². The Bertz CT molecular complexity index is 659. The van der Waals surface area contributed by atoms with Crippen LogP contribution in [-0.2, 0) is 11.3 Å². The van der Waals surface area contributed by atoms with Crippen LogP contribution in [0.3, 0.4) is 0 Å². The van der Waals surface area contributed by atoms with Crippen molar-refractivity contribution in [1.29, 1.82) is 0 Å². The van der Waals surface area contributed by atoms with E-state index in [2.05, 4.69) is 34.7 Å². The Morgan fingerprint density at radius 3 is 2.74 bits per heavy atom. The predicted octanol–water partition coefficient (Wildman–Crippen LogP) is 3.17. The summed E-state index contributed by atoms with van der Waals surface area (Å²) in [4.78, 5) is 13.5. The molecule has 0 spiro atoms. The Hall–Kier alpha value is -1.54. The monoisotopic (exact) mass is 351 g/mol. The quantitative estimate of drug-likeness (QED) is 0.773. The number of hydrogen-bond acceptors (Lipinski definition) is 6.